The maximum Gasteiger partial charge on any atom is 0.433 e. The van der Waals surface area contributed by atoms with Gasteiger partial charge in [-0.25, -0.2) is 14.2 Å². The molecule has 0 saturated carbocycles. The second-order valence-corrected chi connectivity index (χ2v) is 7.28. The van der Waals surface area contributed by atoms with Crippen molar-refractivity contribution >= 4 is 22.6 Å². The monoisotopic (exact) mass is 419 g/mol. The molecule has 30 heavy (non-hydrogen) atoms. The Hall–Kier alpha value is -3.43. The molecular formula is C20H17F4N5O. The van der Waals surface area contributed by atoms with Crippen LogP contribution >= 0.6 is 0 Å². The molecular weight excluding hydrogens is 402 g/mol. The number of alkyl halides is 3. The van der Waals surface area contributed by atoms with E-state index in [-0.39, 0.29) is 30.8 Å². The fraction of sp³-hybridized carbons (Fsp3) is 0.250. The standard InChI is InChI=1S/C20H17F4N5O/c21-13-3-1-12(2-4-13)19(10-29(11-19)18(25)30)9-27-16-7-17(20(22,23)24)28-15-5-6-26-8-14(15)16/h1-8H,9-11H2,(H2,25,30)(H,27,28). The molecule has 3 aromatic rings. The van der Waals surface area contributed by atoms with Crippen LogP contribution < -0.4 is 11.1 Å². The molecule has 10 heteroatoms. The van der Waals surface area contributed by atoms with Crippen LogP contribution in [0.15, 0.2) is 48.8 Å². The summed E-state index contributed by atoms with van der Waals surface area (Å²) in [6, 6.07) is 7.56. The number of hydrogen-bond donors (Lipinski definition) is 2. The lowest BCUT2D eigenvalue weighted by Crippen LogP contribution is -2.65. The Morgan fingerprint density at radius 3 is 2.53 bits per heavy atom. The molecule has 0 spiro atoms. The zero-order valence-corrected chi connectivity index (χ0v) is 15.6. The molecule has 1 saturated heterocycles. The van der Waals surface area contributed by atoms with E-state index in [0.717, 1.165) is 11.6 Å². The van der Waals surface area contributed by atoms with E-state index < -0.39 is 29.1 Å². The van der Waals surface area contributed by atoms with Crippen LogP contribution in [0.2, 0.25) is 0 Å². The van der Waals surface area contributed by atoms with Gasteiger partial charge in [0.1, 0.15) is 11.5 Å². The Kier molecular flexibility index (Phi) is 4.71. The lowest BCUT2D eigenvalue weighted by atomic mass is 9.73. The van der Waals surface area contributed by atoms with Crippen LogP contribution in [-0.4, -0.2) is 40.5 Å². The maximum atomic E-state index is 13.4. The normalized spacial score (nSPS) is 15.7. The molecule has 3 heterocycles. The number of urea groups is 1. The molecule has 0 unspecified atom stereocenters. The van der Waals surface area contributed by atoms with Gasteiger partial charge in [0.05, 0.1) is 5.52 Å². The Bertz CT molecular complexity index is 1090. The molecule has 3 N–H and O–H groups in total. The van der Waals surface area contributed by atoms with Gasteiger partial charge in [-0.15, -0.1) is 0 Å². The van der Waals surface area contributed by atoms with Gasteiger partial charge in [0.15, 0.2) is 0 Å². The second-order valence-electron chi connectivity index (χ2n) is 7.28. The Labute approximate surface area is 168 Å². The van der Waals surface area contributed by atoms with Gasteiger partial charge in [-0.3, -0.25) is 4.98 Å². The van der Waals surface area contributed by atoms with Crippen molar-refractivity contribution in [2.24, 2.45) is 5.73 Å². The van der Waals surface area contributed by atoms with E-state index in [2.05, 4.69) is 15.3 Å². The molecule has 4 rings (SSSR count). The third kappa shape index (κ3) is 3.60. The number of hydrogen-bond acceptors (Lipinski definition) is 4. The maximum absolute atomic E-state index is 13.4. The van der Waals surface area contributed by atoms with Crippen LogP contribution in [-0.2, 0) is 11.6 Å². The number of likely N-dealkylation sites (tertiary alicyclic amines) is 1. The largest absolute Gasteiger partial charge is 0.433 e. The average molecular weight is 419 g/mol. The molecule has 2 amide bonds. The quantitative estimate of drug-likeness (QED) is 0.634. The summed E-state index contributed by atoms with van der Waals surface area (Å²) in [5.74, 6) is -0.408. The first-order chi connectivity index (χ1) is 14.2. The second kappa shape index (κ2) is 7.12. The number of pyridine rings is 2. The van der Waals surface area contributed by atoms with Crippen molar-refractivity contribution in [2.75, 3.05) is 25.0 Å². The van der Waals surface area contributed by atoms with E-state index in [9.17, 15) is 22.4 Å². The van der Waals surface area contributed by atoms with Crippen molar-refractivity contribution in [3.63, 3.8) is 0 Å². The first-order valence-electron chi connectivity index (χ1n) is 9.04. The van der Waals surface area contributed by atoms with Crippen LogP contribution in [0.1, 0.15) is 11.3 Å². The number of fused-ring (bicyclic) bond motifs is 1. The van der Waals surface area contributed by atoms with Crippen LogP contribution in [0.25, 0.3) is 10.9 Å². The third-order valence-corrected chi connectivity index (χ3v) is 5.27. The van der Waals surface area contributed by atoms with Gasteiger partial charge >= 0.3 is 12.2 Å². The average Bonchev–Trinajstić information content (AvgIpc) is 2.67. The number of anilines is 1. The summed E-state index contributed by atoms with van der Waals surface area (Å²) >= 11 is 0. The van der Waals surface area contributed by atoms with Crippen LogP contribution in [0.5, 0.6) is 0 Å². The number of benzene rings is 1. The highest BCUT2D eigenvalue weighted by atomic mass is 19.4. The van der Waals surface area contributed by atoms with E-state index in [1.54, 1.807) is 12.1 Å². The van der Waals surface area contributed by atoms with Crippen molar-refractivity contribution in [3.05, 3.63) is 65.9 Å². The van der Waals surface area contributed by atoms with Crippen LogP contribution in [0.4, 0.5) is 28.0 Å². The SMILES string of the molecule is NC(=O)N1CC(CNc2cc(C(F)(F)F)nc3ccncc23)(c2ccc(F)cc2)C1. The number of nitrogens with one attached hydrogen (secondary N) is 1. The third-order valence-electron chi connectivity index (χ3n) is 5.27. The van der Waals surface area contributed by atoms with Crippen LogP contribution in [0, 0.1) is 5.82 Å². The topological polar surface area (TPSA) is 84.1 Å². The molecule has 1 aliphatic heterocycles. The molecule has 6 nitrogen and oxygen atoms in total. The summed E-state index contributed by atoms with van der Waals surface area (Å²) in [6.45, 7) is 0.719. The van der Waals surface area contributed by atoms with Gasteiger partial charge < -0.3 is 16.0 Å². The van der Waals surface area contributed by atoms with Gasteiger partial charge in [0.25, 0.3) is 0 Å². The number of carbonyl (C=O) groups excluding carboxylic acids is 1. The van der Waals surface area contributed by atoms with Gasteiger partial charge in [-0.05, 0) is 29.8 Å². The van der Waals surface area contributed by atoms with E-state index in [0.29, 0.717) is 5.39 Å². The van der Waals surface area contributed by atoms with Crippen molar-refractivity contribution in [2.45, 2.75) is 11.6 Å². The molecule has 2 aromatic heterocycles. The molecule has 0 radical (unpaired) electrons. The van der Waals surface area contributed by atoms with E-state index in [1.165, 1.54) is 35.5 Å². The molecule has 1 aromatic carbocycles. The lowest BCUT2D eigenvalue weighted by molar-refractivity contribution is -0.140. The molecule has 1 fully saturated rings. The van der Waals surface area contributed by atoms with Gasteiger partial charge in [-0.1, -0.05) is 12.1 Å². The number of halogens is 4. The Morgan fingerprint density at radius 2 is 1.90 bits per heavy atom. The number of primary amides is 1. The Balaban J connectivity index is 1.68. The smallest absolute Gasteiger partial charge is 0.383 e. The summed E-state index contributed by atoms with van der Waals surface area (Å²) in [6.07, 6.45) is -1.80. The van der Waals surface area contributed by atoms with E-state index in [1.807, 2.05) is 0 Å². The highest BCUT2D eigenvalue weighted by Gasteiger charge is 2.46. The highest BCUT2D eigenvalue weighted by molar-refractivity contribution is 5.90. The minimum absolute atomic E-state index is 0.158. The minimum Gasteiger partial charge on any atom is -0.383 e. The summed E-state index contributed by atoms with van der Waals surface area (Å²) in [5.41, 5.74) is 4.82. The van der Waals surface area contributed by atoms with Crippen molar-refractivity contribution in [1.29, 1.82) is 0 Å². The summed E-state index contributed by atoms with van der Waals surface area (Å²) < 4.78 is 53.2. The van der Waals surface area contributed by atoms with E-state index >= 15 is 0 Å². The number of nitrogens with two attached hydrogens (primary N) is 1. The highest BCUT2D eigenvalue weighted by Crippen LogP contribution is 2.37. The summed E-state index contributed by atoms with van der Waals surface area (Å²) in [4.78, 5) is 20.5. The Morgan fingerprint density at radius 1 is 1.20 bits per heavy atom. The molecule has 0 bridgehead atoms. The van der Waals surface area contributed by atoms with Crippen LogP contribution in [0.3, 0.4) is 0 Å². The first kappa shape index (κ1) is 19.9. The van der Waals surface area contributed by atoms with Gasteiger partial charge in [-0.2, -0.15) is 13.2 Å². The first-order valence-corrected chi connectivity index (χ1v) is 9.04. The van der Waals surface area contributed by atoms with E-state index in [4.69, 9.17) is 5.73 Å². The molecule has 0 aliphatic carbocycles. The minimum atomic E-state index is -4.61. The lowest BCUT2D eigenvalue weighted by Gasteiger charge is -2.50. The number of rotatable bonds is 4. The zero-order valence-electron chi connectivity index (χ0n) is 15.6. The van der Waals surface area contributed by atoms with Gasteiger partial charge in [0, 0.05) is 48.5 Å². The summed E-state index contributed by atoms with van der Waals surface area (Å²) in [7, 11) is 0. The summed E-state index contributed by atoms with van der Waals surface area (Å²) in [5, 5.41) is 3.50. The zero-order chi connectivity index (χ0) is 21.5. The predicted molar refractivity (Wildman–Crippen MR) is 102 cm³/mol. The molecule has 0 atom stereocenters. The molecule has 156 valence electrons. The number of aromatic nitrogens is 2. The van der Waals surface area contributed by atoms with Crippen molar-refractivity contribution in [3.8, 4) is 0 Å². The number of nitrogens with zero attached hydrogens (tertiary/aromatic N) is 3. The predicted octanol–water partition coefficient (Wildman–Crippen LogP) is 3.53. The molecule has 1 aliphatic rings. The number of carbonyl (C=O) groups is 1. The van der Waals surface area contributed by atoms with Gasteiger partial charge in [0.2, 0.25) is 0 Å². The fourth-order valence-electron chi connectivity index (χ4n) is 3.66. The fourth-order valence-corrected chi connectivity index (χ4v) is 3.66. The van der Waals surface area contributed by atoms with Crippen molar-refractivity contribution < 1.29 is 22.4 Å². The number of amides is 2. The van der Waals surface area contributed by atoms with Crippen molar-refractivity contribution in [1.82, 2.24) is 14.9 Å².